The zero-order valence-electron chi connectivity index (χ0n) is 20.9. The first-order valence-corrected chi connectivity index (χ1v) is 12.0. The van der Waals surface area contributed by atoms with Crippen LogP contribution in [0.2, 0.25) is 0 Å². The van der Waals surface area contributed by atoms with E-state index in [1.165, 1.54) is 0 Å². The number of anilines is 1. The minimum Gasteiger partial charge on any atom is -0.494 e. The Morgan fingerprint density at radius 3 is 2.63 bits per heavy atom. The topological polar surface area (TPSA) is 84.8 Å². The highest BCUT2D eigenvalue weighted by Crippen LogP contribution is 2.54. The molecule has 1 aromatic carbocycles. The predicted octanol–water partition coefficient (Wildman–Crippen LogP) is 5.83. The fourth-order valence-electron chi connectivity index (χ4n) is 5.56. The monoisotopic (exact) mass is 474 g/mol. The van der Waals surface area contributed by atoms with E-state index >= 15 is 0 Å². The summed E-state index contributed by atoms with van der Waals surface area (Å²) in [6.45, 7) is 12.4. The lowest BCUT2D eigenvalue weighted by Gasteiger charge is -2.39. The molecule has 0 radical (unpaired) electrons. The van der Waals surface area contributed by atoms with Crippen LogP contribution < -0.4 is 9.64 Å². The SMILES string of the molecule is CCOC(=O)c1c(C)[nH]c(-c2ccco2)c1C1C(=O)N2c3c(cc(OCC)cc31)C(C)=CC2(C)C. The third kappa shape index (κ3) is 3.40. The minimum absolute atomic E-state index is 0.0963. The number of allylic oxidation sites excluding steroid dienone is 1. The molecule has 2 aliphatic rings. The normalized spacial score (nSPS) is 17.9. The molecule has 4 heterocycles. The molecule has 2 aliphatic heterocycles. The molecule has 182 valence electrons. The standard InChI is InChI=1S/C28H30N2O5/c1-7-33-17-12-18-15(3)14-28(5,6)30-25(18)19(13-17)22(26(30)31)23-21(27(32)34-8-2)16(4)29-24(23)20-10-9-11-35-20/h9-14,22,29H,7-8H2,1-6H3. The molecule has 0 saturated carbocycles. The summed E-state index contributed by atoms with van der Waals surface area (Å²) in [5, 5.41) is 0. The molecule has 7 nitrogen and oxygen atoms in total. The van der Waals surface area contributed by atoms with E-state index in [-0.39, 0.29) is 12.5 Å². The van der Waals surface area contributed by atoms with Crippen LogP contribution in [0.25, 0.3) is 17.0 Å². The predicted molar refractivity (Wildman–Crippen MR) is 134 cm³/mol. The van der Waals surface area contributed by atoms with Gasteiger partial charge < -0.3 is 23.8 Å². The third-order valence-corrected chi connectivity index (χ3v) is 6.76. The van der Waals surface area contributed by atoms with E-state index in [1.54, 1.807) is 19.3 Å². The Morgan fingerprint density at radius 2 is 1.97 bits per heavy atom. The van der Waals surface area contributed by atoms with Gasteiger partial charge in [0.05, 0.1) is 47.9 Å². The van der Waals surface area contributed by atoms with Crippen LogP contribution in [0.3, 0.4) is 0 Å². The molecule has 1 amide bonds. The number of hydrogen-bond donors (Lipinski definition) is 1. The van der Waals surface area contributed by atoms with Crippen molar-refractivity contribution in [2.75, 3.05) is 18.1 Å². The first kappa shape index (κ1) is 23.0. The Bertz CT molecular complexity index is 1360. The van der Waals surface area contributed by atoms with Gasteiger partial charge >= 0.3 is 5.97 Å². The maximum atomic E-state index is 14.3. The number of furan rings is 1. The van der Waals surface area contributed by atoms with Crippen molar-refractivity contribution < 1.29 is 23.5 Å². The second kappa shape index (κ2) is 8.18. The molecule has 1 atom stereocenters. The lowest BCUT2D eigenvalue weighted by molar-refractivity contribution is -0.119. The van der Waals surface area contributed by atoms with Crippen LogP contribution in [0.1, 0.15) is 73.3 Å². The molecular weight excluding hydrogens is 444 g/mol. The molecule has 3 aromatic rings. The molecule has 2 aromatic heterocycles. The van der Waals surface area contributed by atoms with Gasteiger partial charge in [0.15, 0.2) is 0 Å². The fraction of sp³-hybridized carbons (Fsp3) is 0.357. The molecule has 0 fully saturated rings. The van der Waals surface area contributed by atoms with Crippen LogP contribution >= 0.6 is 0 Å². The van der Waals surface area contributed by atoms with Gasteiger partial charge in [-0.05, 0) is 76.9 Å². The summed E-state index contributed by atoms with van der Waals surface area (Å²) in [5.41, 5.74) is 5.36. The third-order valence-electron chi connectivity index (χ3n) is 6.76. The van der Waals surface area contributed by atoms with Crippen LogP contribution in [0, 0.1) is 6.92 Å². The van der Waals surface area contributed by atoms with Crippen molar-refractivity contribution in [2.45, 2.75) is 53.0 Å². The average molecular weight is 475 g/mol. The number of benzene rings is 1. The number of amides is 1. The van der Waals surface area contributed by atoms with E-state index in [4.69, 9.17) is 13.9 Å². The summed E-state index contributed by atoms with van der Waals surface area (Å²) < 4.78 is 17.0. The molecule has 0 aliphatic carbocycles. The maximum absolute atomic E-state index is 14.3. The van der Waals surface area contributed by atoms with Gasteiger partial charge in [-0.2, -0.15) is 0 Å². The van der Waals surface area contributed by atoms with Gasteiger partial charge in [0.1, 0.15) is 11.5 Å². The largest absolute Gasteiger partial charge is 0.494 e. The van der Waals surface area contributed by atoms with Gasteiger partial charge in [0.25, 0.3) is 0 Å². The number of nitrogens with one attached hydrogen (secondary N) is 1. The van der Waals surface area contributed by atoms with Crippen molar-refractivity contribution in [2.24, 2.45) is 0 Å². The zero-order chi connectivity index (χ0) is 25.1. The Labute approximate surface area is 204 Å². The minimum atomic E-state index is -0.729. The Balaban J connectivity index is 1.83. The number of aromatic nitrogens is 1. The second-order valence-corrected chi connectivity index (χ2v) is 9.54. The van der Waals surface area contributed by atoms with E-state index in [2.05, 4.69) is 18.0 Å². The number of hydrogen-bond acceptors (Lipinski definition) is 5. The number of carbonyl (C=O) groups is 2. The van der Waals surface area contributed by atoms with Gasteiger partial charge in [-0.25, -0.2) is 4.79 Å². The number of H-pyrrole nitrogens is 1. The Morgan fingerprint density at radius 1 is 1.20 bits per heavy atom. The Kier molecular flexibility index (Phi) is 5.38. The van der Waals surface area contributed by atoms with Crippen molar-refractivity contribution in [3.05, 3.63) is 64.6 Å². The van der Waals surface area contributed by atoms with Crippen LogP contribution in [-0.2, 0) is 9.53 Å². The Hall–Kier alpha value is -3.74. The van der Waals surface area contributed by atoms with E-state index in [1.807, 2.05) is 50.8 Å². The summed E-state index contributed by atoms with van der Waals surface area (Å²) >= 11 is 0. The van der Waals surface area contributed by atoms with Crippen LogP contribution in [0.4, 0.5) is 5.69 Å². The first-order valence-electron chi connectivity index (χ1n) is 12.0. The quantitative estimate of drug-likeness (QED) is 0.454. The van der Waals surface area contributed by atoms with E-state index < -0.39 is 17.4 Å². The molecule has 1 N–H and O–H groups in total. The zero-order valence-corrected chi connectivity index (χ0v) is 20.9. The summed E-state index contributed by atoms with van der Waals surface area (Å²) in [6.07, 6.45) is 3.68. The van der Waals surface area contributed by atoms with Crippen molar-refractivity contribution in [3.63, 3.8) is 0 Å². The van der Waals surface area contributed by atoms with Gasteiger partial charge in [-0.1, -0.05) is 6.08 Å². The summed E-state index contributed by atoms with van der Waals surface area (Å²) in [7, 11) is 0. The van der Waals surface area contributed by atoms with Gasteiger partial charge in [-0.3, -0.25) is 4.79 Å². The molecule has 0 bridgehead atoms. The lowest BCUT2D eigenvalue weighted by atomic mass is 9.86. The van der Waals surface area contributed by atoms with Crippen molar-refractivity contribution in [1.82, 2.24) is 4.98 Å². The van der Waals surface area contributed by atoms with Gasteiger partial charge in [0, 0.05) is 16.8 Å². The van der Waals surface area contributed by atoms with Crippen LogP contribution in [0.5, 0.6) is 5.75 Å². The highest BCUT2D eigenvalue weighted by molar-refractivity contribution is 6.14. The van der Waals surface area contributed by atoms with E-state index in [9.17, 15) is 9.59 Å². The summed E-state index contributed by atoms with van der Waals surface area (Å²) in [4.78, 5) is 32.6. The first-order chi connectivity index (χ1) is 16.7. The highest BCUT2D eigenvalue weighted by Gasteiger charge is 2.50. The maximum Gasteiger partial charge on any atom is 0.340 e. The highest BCUT2D eigenvalue weighted by atomic mass is 16.5. The number of nitrogens with zero attached hydrogens (tertiary/aromatic N) is 1. The average Bonchev–Trinajstić information content (AvgIpc) is 3.48. The smallest absolute Gasteiger partial charge is 0.340 e. The summed E-state index contributed by atoms with van der Waals surface area (Å²) in [5.74, 6) is -0.0476. The van der Waals surface area contributed by atoms with E-state index in [0.717, 1.165) is 22.4 Å². The molecular formula is C28H30N2O5. The number of carbonyl (C=O) groups excluding carboxylic acids is 2. The number of aryl methyl sites for hydroxylation is 1. The molecule has 1 unspecified atom stereocenters. The number of ether oxygens (including phenoxy) is 2. The van der Waals surface area contributed by atoms with Gasteiger partial charge in [0.2, 0.25) is 5.91 Å². The number of esters is 1. The number of aromatic amines is 1. The summed E-state index contributed by atoms with van der Waals surface area (Å²) in [6, 6.07) is 7.53. The molecule has 7 heteroatoms. The van der Waals surface area contributed by atoms with Crippen LogP contribution in [0.15, 0.2) is 41.0 Å². The van der Waals surface area contributed by atoms with Crippen molar-refractivity contribution >= 4 is 23.1 Å². The second-order valence-electron chi connectivity index (χ2n) is 9.54. The fourth-order valence-corrected chi connectivity index (χ4v) is 5.56. The van der Waals surface area contributed by atoms with Crippen molar-refractivity contribution in [1.29, 1.82) is 0 Å². The molecule has 0 saturated heterocycles. The van der Waals surface area contributed by atoms with E-state index in [0.29, 0.717) is 40.6 Å². The molecule has 35 heavy (non-hydrogen) atoms. The van der Waals surface area contributed by atoms with Gasteiger partial charge in [-0.15, -0.1) is 0 Å². The van der Waals surface area contributed by atoms with Crippen molar-refractivity contribution in [3.8, 4) is 17.2 Å². The lowest BCUT2D eigenvalue weighted by Crippen LogP contribution is -2.47. The van der Waals surface area contributed by atoms with Crippen LogP contribution in [-0.4, -0.2) is 35.6 Å². The number of rotatable bonds is 6. The molecule has 0 spiro atoms. The molecule has 5 rings (SSSR count).